The monoisotopic (exact) mass is 468 g/mol. The number of nitrogens with two attached hydrogens (primary N) is 1. The molecule has 2 heterocycles. The first-order chi connectivity index (χ1) is 15.7. The third kappa shape index (κ3) is 5.88. The molecule has 4 unspecified atom stereocenters. The number of amides is 1. The van der Waals surface area contributed by atoms with Gasteiger partial charge >= 0.3 is 12.1 Å². The number of epoxide rings is 2. The minimum absolute atomic E-state index is 0.0573. The van der Waals surface area contributed by atoms with Crippen LogP contribution in [-0.2, 0) is 28.5 Å². The number of unbranched alkanes of at least 4 members (excludes halogenated alkanes) is 1. The van der Waals surface area contributed by atoms with Gasteiger partial charge in [-0.05, 0) is 65.8 Å². The molecule has 1 spiro atoms. The fraction of sp³-hybridized carbons (Fsp3) is 0.833. The van der Waals surface area contributed by atoms with Gasteiger partial charge in [0, 0.05) is 7.11 Å². The molecule has 2 aliphatic heterocycles. The topological polar surface area (TPSA) is 125 Å². The lowest BCUT2D eigenvalue weighted by molar-refractivity contribution is -0.143. The van der Waals surface area contributed by atoms with Gasteiger partial charge in [-0.2, -0.15) is 0 Å². The first kappa shape index (κ1) is 25.9. The van der Waals surface area contributed by atoms with E-state index in [0.717, 1.165) is 19.3 Å². The van der Waals surface area contributed by atoms with E-state index < -0.39 is 29.8 Å². The van der Waals surface area contributed by atoms with E-state index >= 15 is 0 Å². The first-order valence-corrected chi connectivity index (χ1v) is 11.9. The first-order valence-electron chi connectivity index (χ1n) is 11.9. The van der Waals surface area contributed by atoms with Crippen LogP contribution in [0.5, 0.6) is 0 Å². The van der Waals surface area contributed by atoms with Crippen molar-refractivity contribution in [2.75, 3.05) is 27.4 Å². The summed E-state index contributed by atoms with van der Waals surface area (Å²) in [6, 6.07) is -0.773. The highest BCUT2D eigenvalue weighted by molar-refractivity contribution is 5.81. The molecule has 1 amide bonds. The smallest absolute Gasteiger partial charge is 0.408 e. The molecule has 3 aliphatic rings. The normalized spacial score (nSPS) is 35.5. The van der Waals surface area contributed by atoms with Crippen LogP contribution in [-0.4, -0.2) is 75.0 Å². The summed E-state index contributed by atoms with van der Waals surface area (Å²) in [5.74, 6) is -0.557. The highest BCUT2D eigenvalue weighted by Crippen LogP contribution is 2.59. The second kappa shape index (κ2) is 10.7. The van der Waals surface area contributed by atoms with E-state index in [-0.39, 0.29) is 23.7 Å². The van der Waals surface area contributed by atoms with Gasteiger partial charge in [0.05, 0.1) is 25.7 Å². The minimum Gasteiger partial charge on any atom is -0.467 e. The minimum atomic E-state index is -0.773. The number of carbonyl (C=O) groups excluding carboxylic acids is 2. The van der Waals surface area contributed by atoms with Crippen molar-refractivity contribution in [1.82, 2.24) is 5.32 Å². The predicted molar refractivity (Wildman–Crippen MR) is 122 cm³/mol. The second-order valence-corrected chi connectivity index (χ2v) is 9.83. The lowest BCUT2D eigenvalue weighted by Gasteiger charge is -2.42. The highest BCUT2D eigenvalue weighted by Gasteiger charge is 2.72. The summed E-state index contributed by atoms with van der Waals surface area (Å²) >= 11 is 0. The number of nitrogens with one attached hydrogen (secondary N) is 1. The van der Waals surface area contributed by atoms with E-state index in [1.54, 1.807) is 7.11 Å². The number of carbonyl (C=O) groups is 2. The number of hydrogen-bond donors (Lipinski definition) is 2. The Kier molecular flexibility index (Phi) is 8.42. The predicted octanol–water partition coefficient (Wildman–Crippen LogP) is 2.46. The maximum Gasteiger partial charge on any atom is 0.408 e. The number of esters is 1. The molecular weight excluding hydrogens is 428 g/mol. The molecule has 0 bridgehead atoms. The number of rotatable bonds is 11. The molecule has 9 nitrogen and oxygen atoms in total. The van der Waals surface area contributed by atoms with Gasteiger partial charge in [0.25, 0.3) is 0 Å². The molecule has 3 N–H and O–H groups in total. The van der Waals surface area contributed by atoms with Crippen molar-refractivity contribution in [3.8, 4) is 0 Å². The summed E-state index contributed by atoms with van der Waals surface area (Å²) in [4.78, 5) is 24.8. The Morgan fingerprint density at radius 3 is 2.58 bits per heavy atom. The van der Waals surface area contributed by atoms with Gasteiger partial charge in [-0.3, -0.25) is 0 Å². The van der Waals surface area contributed by atoms with Crippen molar-refractivity contribution in [2.24, 2.45) is 11.7 Å². The van der Waals surface area contributed by atoms with E-state index in [1.165, 1.54) is 12.7 Å². The Bertz CT molecular complexity index is 734. The second-order valence-electron chi connectivity index (χ2n) is 9.83. The maximum absolute atomic E-state index is 12.7. The molecular formula is C24H40N2O7. The lowest BCUT2D eigenvalue weighted by Crippen LogP contribution is -2.56. The average Bonchev–Trinajstić information content (AvgIpc) is 3.69. The van der Waals surface area contributed by atoms with E-state index in [0.29, 0.717) is 32.4 Å². The standard InChI is InChI=1S/C24H40N2O7/c1-15(2)9-10-18-23(3,33-18)20-19(29-4)17(11-12-24(20)14-31-24)32-22(28)26-16(21(27)30-5)8-6-7-13-25/h9,16-20H,6-8,10-14,25H2,1-5H3,(H,26,28)/t16-,17?,18+,19?,20?,23?,24-/m0/s1. The van der Waals surface area contributed by atoms with Crippen LogP contribution in [0.4, 0.5) is 4.79 Å². The fourth-order valence-corrected chi connectivity index (χ4v) is 5.27. The number of methoxy groups -OCH3 is 2. The summed E-state index contributed by atoms with van der Waals surface area (Å²) in [6.07, 6.45) is 4.87. The number of allylic oxidation sites excluding steroid dienone is 1. The molecule has 0 aromatic rings. The maximum atomic E-state index is 12.7. The molecule has 1 saturated carbocycles. The number of hydrogen-bond acceptors (Lipinski definition) is 8. The van der Waals surface area contributed by atoms with Gasteiger partial charge in [0.1, 0.15) is 29.5 Å². The summed E-state index contributed by atoms with van der Waals surface area (Å²) < 4.78 is 28.7. The van der Waals surface area contributed by atoms with E-state index in [2.05, 4.69) is 32.2 Å². The third-order valence-electron chi connectivity index (χ3n) is 7.22. The fourth-order valence-electron chi connectivity index (χ4n) is 5.27. The van der Waals surface area contributed by atoms with Gasteiger partial charge in [-0.15, -0.1) is 0 Å². The van der Waals surface area contributed by atoms with Crippen molar-refractivity contribution in [3.05, 3.63) is 11.6 Å². The Hall–Kier alpha value is -1.68. The van der Waals surface area contributed by atoms with Gasteiger partial charge < -0.3 is 34.7 Å². The van der Waals surface area contributed by atoms with Crippen molar-refractivity contribution in [2.45, 2.75) is 94.9 Å². The molecule has 9 heteroatoms. The lowest BCUT2D eigenvalue weighted by atomic mass is 9.68. The highest BCUT2D eigenvalue weighted by atomic mass is 16.6. The zero-order valence-electron chi connectivity index (χ0n) is 20.6. The van der Waals surface area contributed by atoms with Crippen LogP contribution in [0.1, 0.15) is 59.3 Å². The Balaban J connectivity index is 1.66. The summed E-state index contributed by atoms with van der Waals surface area (Å²) in [5.41, 5.74) is 6.09. The van der Waals surface area contributed by atoms with Crippen LogP contribution in [0.25, 0.3) is 0 Å². The molecule has 2 saturated heterocycles. The molecule has 0 aromatic carbocycles. The molecule has 33 heavy (non-hydrogen) atoms. The Labute approximate surface area is 196 Å². The van der Waals surface area contributed by atoms with E-state index in [4.69, 9.17) is 29.4 Å². The summed E-state index contributed by atoms with van der Waals surface area (Å²) in [6.45, 7) is 7.43. The third-order valence-corrected chi connectivity index (χ3v) is 7.22. The molecule has 188 valence electrons. The molecule has 7 atom stereocenters. The van der Waals surface area contributed by atoms with Gasteiger partial charge in [0.15, 0.2) is 0 Å². The van der Waals surface area contributed by atoms with E-state index in [9.17, 15) is 9.59 Å². The summed E-state index contributed by atoms with van der Waals surface area (Å²) in [5, 5.41) is 2.66. The molecule has 0 aromatic heterocycles. The number of ether oxygens (including phenoxy) is 5. The van der Waals surface area contributed by atoms with Gasteiger partial charge in [0.2, 0.25) is 0 Å². The van der Waals surface area contributed by atoms with Crippen molar-refractivity contribution in [3.63, 3.8) is 0 Å². The number of alkyl carbamates (subject to hydrolysis) is 1. The molecule has 3 fully saturated rings. The van der Waals surface area contributed by atoms with Crippen LogP contribution < -0.4 is 11.1 Å². The summed E-state index contributed by atoms with van der Waals surface area (Å²) in [7, 11) is 2.93. The van der Waals surface area contributed by atoms with Crippen LogP contribution in [0.2, 0.25) is 0 Å². The Morgan fingerprint density at radius 1 is 1.27 bits per heavy atom. The van der Waals surface area contributed by atoms with Crippen LogP contribution >= 0.6 is 0 Å². The Morgan fingerprint density at radius 2 is 2.00 bits per heavy atom. The SMILES string of the molecule is COC(=O)[C@H](CCCCN)NC(=O)OC1CC[C@]2(CO2)C(C2(C)O[C@@H]2CC=C(C)C)C1OC. The van der Waals surface area contributed by atoms with Crippen molar-refractivity contribution >= 4 is 12.1 Å². The zero-order valence-corrected chi connectivity index (χ0v) is 20.6. The van der Waals surface area contributed by atoms with Crippen LogP contribution in [0, 0.1) is 5.92 Å². The van der Waals surface area contributed by atoms with Crippen molar-refractivity contribution in [1.29, 1.82) is 0 Å². The average molecular weight is 469 g/mol. The van der Waals surface area contributed by atoms with Gasteiger partial charge in [-0.1, -0.05) is 11.6 Å². The van der Waals surface area contributed by atoms with Crippen LogP contribution in [0.3, 0.4) is 0 Å². The van der Waals surface area contributed by atoms with Gasteiger partial charge in [-0.25, -0.2) is 9.59 Å². The van der Waals surface area contributed by atoms with Crippen molar-refractivity contribution < 1.29 is 33.3 Å². The molecule has 3 rings (SSSR count). The quantitative estimate of drug-likeness (QED) is 0.205. The largest absolute Gasteiger partial charge is 0.467 e. The zero-order chi connectivity index (χ0) is 24.2. The molecule has 0 radical (unpaired) electrons. The molecule has 1 aliphatic carbocycles. The van der Waals surface area contributed by atoms with E-state index in [1.807, 2.05) is 0 Å². The van der Waals surface area contributed by atoms with Crippen LogP contribution in [0.15, 0.2) is 11.6 Å².